The molecule has 0 amide bonds. The molecule has 3 aromatic heterocycles. The molecule has 0 atom stereocenters. The second-order valence-electron chi connectivity index (χ2n) is 18.5. The normalized spacial score (nSPS) is 13.8. The van der Waals surface area contributed by atoms with Crippen molar-refractivity contribution in [3.05, 3.63) is 211 Å². The summed E-state index contributed by atoms with van der Waals surface area (Å²) in [5, 5.41) is 12.1. The first-order valence-electron chi connectivity index (χ1n) is 26.5. The van der Waals surface area contributed by atoms with E-state index in [1.807, 2.05) is 66.7 Å². The average Bonchev–Trinajstić information content (AvgIpc) is 4.16. The lowest BCUT2D eigenvalue weighted by molar-refractivity contribution is 1.27. The first-order chi connectivity index (χ1) is 36.9. The van der Waals surface area contributed by atoms with Gasteiger partial charge < -0.3 is 9.97 Å². The summed E-state index contributed by atoms with van der Waals surface area (Å²) >= 11 is 0. The first kappa shape index (κ1) is 33.3. The number of nitrogens with zero attached hydrogens (tertiary/aromatic N) is 3. The Hall–Kier alpha value is -9.19. The van der Waals surface area contributed by atoms with Gasteiger partial charge in [0, 0.05) is 68.7 Å². The summed E-state index contributed by atoms with van der Waals surface area (Å²) in [6.07, 6.45) is 0. The largest absolute Gasteiger partial charge is 0.354 e. The van der Waals surface area contributed by atoms with Gasteiger partial charge in [0.25, 0.3) is 0 Å². The number of aromatic amines is 2. The van der Waals surface area contributed by atoms with Crippen LogP contribution in [0.3, 0.4) is 0 Å². The van der Waals surface area contributed by atoms with Gasteiger partial charge >= 0.3 is 0 Å². The second-order valence-corrected chi connectivity index (χ2v) is 18.5. The highest BCUT2D eigenvalue weighted by atomic mass is 15.0. The van der Waals surface area contributed by atoms with Gasteiger partial charge in [-0.25, -0.2) is 15.0 Å². The van der Waals surface area contributed by atoms with Gasteiger partial charge in [0.15, 0.2) is 5.82 Å². The van der Waals surface area contributed by atoms with Crippen molar-refractivity contribution >= 4 is 86.8 Å². The van der Waals surface area contributed by atoms with Gasteiger partial charge in [0.1, 0.15) is 5.65 Å². The van der Waals surface area contributed by atoms with Crippen LogP contribution in [-0.2, 0) is 0 Å². The van der Waals surface area contributed by atoms with Crippen molar-refractivity contribution in [2.75, 3.05) is 0 Å². The zero-order valence-electron chi connectivity index (χ0n) is 43.4. The Morgan fingerprint density at radius 2 is 0.771 bits per heavy atom. The van der Waals surface area contributed by atoms with Gasteiger partial charge in [-0.1, -0.05) is 157 Å². The summed E-state index contributed by atoms with van der Waals surface area (Å²) in [6.45, 7) is -4.61. The molecule has 0 spiro atoms. The Morgan fingerprint density at radius 3 is 1.30 bits per heavy atom. The van der Waals surface area contributed by atoms with Gasteiger partial charge in [0.05, 0.1) is 28.1 Å². The number of rotatable bonds is 2. The average molecular weight is 898 g/mol. The van der Waals surface area contributed by atoms with E-state index in [1.54, 1.807) is 24.3 Å². The maximum Gasteiger partial charge on any atom is 0.162 e. The summed E-state index contributed by atoms with van der Waals surface area (Å²) < 4.78 is 49.9. The van der Waals surface area contributed by atoms with Gasteiger partial charge in [-0.2, -0.15) is 0 Å². The minimum atomic E-state index is -2.30. The third-order valence-corrected chi connectivity index (χ3v) is 14.4. The van der Waals surface area contributed by atoms with E-state index in [9.17, 15) is 0 Å². The lowest BCUT2D eigenvalue weighted by Gasteiger charge is -2.09. The van der Waals surface area contributed by atoms with Crippen molar-refractivity contribution in [2.24, 2.45) is 0 Å². The van der Waals surface area contributed by atoms with E-state index in [1.165, 1.54) is 0 Å². The molecule has 10 aromatic carbocycles. The zero-order valence-corrected chi connectivity index (χ0v) is 37.4. The number of hydrogen-bond acceptors (Lipinski definition) is 3. The number of nitrogens with one attached hydrogen (secondary N) is 2. The maximum absolute atomic E-state index is 8.32. The van der Waals surface area contributed by atoms with Crippen molar-refractivity contribution in [1.82, 2.24) is 24.9 Å². The van der Waals surface area contributed by atoms with E-state index in [2.05, 4.69) is 119 Å². The van der Waals surface area contributed by atoms with Crippen LogP contribution >= 0.6 is 0 Å². The van der Waals surface area contributed by atoms with Crippen LogP contribution in [0.4, 0.5) is 0 Å². The minimum absolute atomic E-state index is 0.243. The highest BCUT2D eigenvalue weighted by Crippen LogP contribution is 2.49. The molecular weight excluding hydrogens is 851 g/mol. The van der Waals surface area contributed by atoms with Crippen LogP contribution in [0.5, 0.6) is 0 Å². The molecule has 0 saturated carbocycles. The highest BCUT2D eigenvalue weighted by Gasteiger charge is 2.27. The molecule has 8 bridgehead atoms. The molecule has 0 fully saturated rings. The van der Waals surface area contributed by atoms with E-state index in [0.29, 0.717) is 17.2 Å². The zero-order chi connectivity index (χ0) is 51.2. The summed E-state index contributed by atoms with van der Waals surface area (Å²) in [5.74, 6) is 0.504. The second kappa shape index (κ2) is 14.7. The molecule has 5 heterocycles. The first-order valence-corrected chi connectivity index (χ1v) is 23.5. The Kier molecular flexibility index (Phi) is 6.97. The molecule has 5 heteroatoms. The van der Waals surface area contributed by atoms with Crippen LogP contribution in [0.25, 0.3) is 154 Å². The van der Waals surface area contributed by atoms with Crippen LogP contribution < -0.4 is 0 Å². The van der Waals surface area contributed by atoms with Crippen LogP contribution in [-0.4, -0.2) is 24.9 Å². The van der Waals surface area contributed by atoms with Gasteiger partial charge in [-0.3, -0.25) is 0 Å². The third-order valence-electron chi connectivity index (χ3n) is 14.4. The number of hydrogen-bond donors (Lipinski definition) is 2. The fourth-order valence-corrected chi connectivity index (χ4v) is 11.1. The van der Waals surface area contributed by atoms with Crippen LogP contribution in [0, 0.1) is 13.7 Å². The van der Waals surface area contributed by atoms with Crippen molar-refractivity contribution < 1.29 is 8.22 Å². The lowest BCUT2D eigenvalue weighted by atomic mass is 9.93. The molecule has 13 aromatic rings. The molecule has 0 saturated heterocycles. The Balaban J connectivity index is 1.20. The topological polar surface area (TPSA) is 70.2 Å². The Labute approximate surface area is 410 Å². The van der Waals surface area contributed by atoms with Crippen LogP contribution in [0.1, 0.15) is 19.4 Å². The molecule has 2 aliphatic heterocycles. The summed E-state index contributed by atoms with van der Waals surface area (Å²) in [6, 6.07) is 67.4. The number of aryl methyl sites for hydroxylation is 2. The molecule has 326 valence electrons. The predicted molar refractivity (Wildman–Crippen MR) is 293 cm³/mol. The molecule has 0 aliphatic carbocycles. The standard InChI is InChI=1S/C65H41N5/c1-36-19-23-38(24-20-36)58-60-50-29-42-13-5-3-11-40(42)27-48(50)56(66-60)35-57-49-28-41-12-4-6-14-43(41)30-51(49)61(67-57)59(39-25-21-37(2)22-26-39)63-53-32-45-16-8-10-18-47(45)34-55(53)65(69-63)70-64-54-33-46-17-9-7-15-44(46)31-52(54)62(58)68-64/h3-35,66H,1-2H3,(H,68,69,70)/i1D3,2D3. The number of benzene rings is 10. The summed E-state index contributed by atoms with van der Waals surface area (Å²) in [4.78, 5) is 24.8. The van der Waals surface area contributed by atoms with Crippen molar-refractivity contribution in [3.63, 3.8) is 0 Å². The molecule has 70 heavy (non-hydrogen) atoms. The van der Waals surface area contributed by atoms with E-state index in [-0.39, 0.29) is 11.1 Å². The van der Waals surface area contributed by atoms with Gasteiger partial charge in [0.2, 0.25) is 0 Å². The molecule has 15 rings (SSSR count). The highest BCUT2D eigenvalue weighted by molar-refractivity contribution is 6.20. The number of aromatic nitrogens is 5. The molecule has 2 N–H and O–H groups in total. The van der Waals surface area contributed by atoms with Crippen molar-refractivity contribution in [1.29, 1.82) is 0 Å². The Bertz CT molecular complexity index is 4530. The van der Waals surface area contributed by atoms with Crippen LogP contribution in [0.2, 0.25) is 0 Å². The van der Waals surface area contributed by atoms with Crippen molar-refractivity contribution in [2.45, 2.75) is 13.7 Å². The molecule has 0 radical (unpaired) electrons. The SMILES string of the molecule is [2H]C([2H])([2H])c1ccc(-c2c3nc(nc4[nH]c(c(-c5ccc(C([2H])([2H])[2H])cc5)c5nc(cc6[nH]c2c2cc7ccccc7cc62)-c2cc6ccccc6cc2-5)c2cc5ccccc5cc42)-c2cc4ccccc4cc2-3)cc1. The van der Waals surface area contributed by atoms with Gasteiger partial charge in [-0.05, 0) is 123 Å². The van der Waals surface area contributed by atoms with Crippen molar-refractivity contribution in [3.8, 4) is 67.4 Å². The van der Waals surface area contributed by atoms with E-state index >= 15 is 0 Å². The Morgan fingerprint density at radius 1 is 0.357 bits per heavy atom. The number of H-pyrrole nitrogens is 2. The molecule has 5 nitrogen and oxygen atoms in total. The quantitative estimate of drug-likeness (QED) is 0.182. The fraction of sp³-hybridized carbons (Fsp3) is 0.0308. The van der Waals surface area contributed by atoms with Gasteiger partial charge in [-0.15, -0.1) is 0 Å². The van der Waals surface area contributed by atoms with E-state index in [0.717, 1.165) is 137 Å². The molecular formula is C65H41N5. The monoisotopic (exact) mass is 897 g/mol. The van der Waals surface area contributed by atoms with E-state index in [4.69, 9.17) is 23.2 Å². The molecule has 2 aliphatic rings. The lowest BCUT2D eigenvalue weighted by Crippen LogP contribution is -1.87. The van der Waals surface area contributed by atoms with Crippen LogP contribution in [0.15, 0.2) is 200 Å². The summed E-state index contributed by atoms with van der Waals surface area (Å²) in [5.41, 5.74) is 12.4. The predicted octanol–water partition coefficient (Wildman–Crippen LogP) is 17.2. The third kappa shape index (κ3) is 5.88. The summed E-state index contributed by atoms with van der Waals surface area (Å²) in [7, 11) is 0. The smallest absolute Gasteiger partial charge is 0.162 e. The minimum Gasteiger partial charge on any atom is -0.354 e. The molecule has 0 unspecified atom stereocenters. The maximum atomic E-state index is 8.32. The number of fused-ring (bicyclic) bond motifs is 24. The fourth-order valence-electron chi connectivity index (χ4n) is 11.1. The van der Waals surface area contributed by atoms with E-state index < -0.39 is 13.7 Å².